The average molecular weight is 178 g/mol. The Morgan fingerprint density at radius 1 is 1.54 bits per heavy atom. The summed E-state index contributed by atoms with van der Waals surface area (Å²) in [6, 6.07) is 5.25. The molecule has 2 rings (SSSR count). The fourth-order valence-corrected chi connectivity index (χ4v) is 1.49. The molecule has 0 amide bonds. The van der Waals surface area contributed by atoms with Gasteiger partial charge in [0.05, 0.1) is 4.76 Å². The summed E-state index contributed by atoms with van der Waals surface area (Å²) in [6.45, 7) is 3.49. The maximum Gasteiger partial charge on any atom is 0.281 e. The molecule has 0 saturated carbocycles. The molecule has 1 aromatic carbocycles. The van der Waals surface area contributed by atoms with Crippen molar-refractivity contribution in [2.75, 3.05) is 5.06 Å². The number of hydroxylamine groups is 1. The van der Waals surface area contributed by atoms with E-state index >= 15 is 0 Å². The van der Waals surface area contributed by atoms with Crippen LogP contribution < -0.4 is 5.06 Å². The second-order valence-electron chi connectivity index (χ2n) is 3.28. The molecule has 1 heterocycles. The van der Waals surface area contributed by atoms with E-state index in [0.717, 1.165) is 15.4 Å². The average Bonchev–Trinajstić information content (AvgIpc) is 2.32. The van der Waals surface area contributed by atoms with Gasteiger partial charge in [0, 0.05) is 17.9 Å². The molecule has 1 aromatic rings. The monoisotopic (exact) mass is 178 g/mol. The van der Waals surface area contributed by atoms with E-state index in [9.17, 15) is 10.1 Å². The zero-order chi connectivity index (χ0) is 9.59. The van der Waals surface area contributed by atoms with Crippen molar-refractivity contribution in [1.29, 1.82) is 0 Å². The summed E-state index contributed by atoms with van der Waals surface area (Å²) in [5.74, 6) is 0. The van der Waals surface area contributed by atoms with Gasteiger partial charge in [0.25, 0.3) is 11.9 Å². The quantitative estimate of drug-likeness (QED) is 0.571. The number of anilines is 1. The number of hydrogen-bond donors (Lipinski definition) is 0. The molecule has 0 aromatic heterocycles. The first-order chi connectivity index (χ1) is 6.11. The van der Waals surface area contributed by atoms with Crippen molar-refractivity contribution >= 4 is 11.4 Å². The third kappa shape index (κ3) is 1.02. The van der Waals surface area contributed by atoms with Gasteiger partial charge in [-0.1, -0.05) is 6.07 Å². The Balaban J connectivity index is 2.60. The van der Waals surface area contributed by atoms with Gasteiger partial charge in [-0.05, 0) is 18.6 Å². The molecule has 4 nitrogen and oxygen atoms in total. The molecule has 0 saturated heterocycles. The van der Waals surface area contributed by atoms with E-state index in [1.165, 1.54) is 0 Å². The molecule has 0 aliphatic carbocycles. The van der Waals surface area contributed by atoms with Gasteiger partial charge in [-0.15, -0.1) is 0 Å². The summed E-state index contributed by atoms with van der Waals surface area (Å²) in [5, 5.41) is 12.2. The largest absolute Gasteiger partial charge is 0.753 e. The van der Waals surface area contributed by atoms with Crippen LogP contribution >= 0.6 is 0 Å². The van der Waals surface area contributed by atoms with Gasteiger partial charge in [-0.25, -0.2) is 0 Å². The van der Waals surface area contributed by atoms with E-state index in [-0.39, 0.29) is 0 Å². The Labute approximate surface area is 75.9 Å². The number of fused-ring (bicyclic) bond motifs is 1. The molecule has 1 unspecified atom stereocenters. The molecular formula is C9H10N2O2. The van der Waals surface area contributed by atoms with Gasteiger partial charge in [-0.3, -0.25) is 0 Å². The van der Waals surface area contributed by atoms with Crippen molar-refractivity contribution in [1.82, 2.24) is 0 Å². The van der Waals surface area contributed by atoms with E-state index in [0.29, 0.717) is 11.4 Å². The van der Waals surface area contributed by atoms with E-state index < -0.39 is 6.17 Å². The van der Waals surface area contributed by atoms with Crippen LogP contribution in [-0.4, -0.2) is 10.9 Å². The Kier molecular flexibility index (Phi) is 1.60. The van der Waals surface area contributed by atoms with E-state index in [2.05, 4.69) is 0 Å². The van der Waals surface area contributed by atoms with Crippen LogP contribution in [-0.2, 0) is 0 Å². The van der Waals surface area contributed by atoms with Crippen LogP contribution in [0.25, 0.3) is 0 Å². The number of nitroso groups, excluding NO2 is 1. The highest BCUT2D eigenvalue weighted by Crippen LogP contribution is 2.37. The highest BCUT2D eigenvalue weighted by Gasteiger charge is 2.36. The molecular weight excluding hydrogens is 168 g/mol. The third-order valence-corrected chi connectivity index (χ3v) is 2.28. The molecule has 1 aliphatic rings. The van der Waals surface area contributed by atoms with E-state index in [1.54, 1.807) is 19.1 Å². The summed E-state index contributed by atoms with van der Waals surface area (Å²) < 4.78 is 0.738. The number of rotatable bonds is 0. The van der Waals surface area contributed by atoms with Crippen LogP contribution in [0, 0.1) is 17.0 Å². The van der Waals surface area contributed by atoms with Gasteiger partial charge >= 0.3 is 0 Å². The van der Waals surface area contributed by atoms with Crippen LogP contribution in [0.2, 0.25) is 0 Å². The highest BCUT2D eigenvalue weighted by molar-refractivity contribution is 5.67. The van der Waals surface area contributed by atoms with Crippen molar-refractivity contribution in [2.45, 2.75) is 20.0 Å². The van der Waals surface area contributed by atoms with Gasteiger partial charge < -0.3 is 10.3 Å². The first-order valence-electron chi connectivity index (χ1n) is 4.14. The predicted octanol–water partition coefficient (Wildman–Crippen LogP) is 2.07. The van der Waals surface area contributed by atoms with Gasteiger partial charge in [0.2, 0.25) is 0 Å². The lowest BCUT2D eigenvalue weighted by Gasteiger charge is -2.22. The van der Waals surface area contributed by atoms with Crippen LogP contribution in [0.3, 0.4) is 0 Å². The van der Waals surface area contributed by atoms with E-state index in [4.69, 9.17) is 0 Å². The molecule has 0 N–H and O–H groups in total. The summed E-state index contributed by atoms with van der Waals surface area (Å²) in [5.41, 5.74) is 1.93. The molecule has 4 heteroatoms. The first-order valence-corrected chi connectivity index (χ1v) is 4.14. The summed E-state index contributed by atoms with van der Waals surface area (Å²) in [6.07, 6.45) is -0.642. The maximum absolute atomic E-state index is 11.4. The second kappa shape index (κ2) is 2.53. The number of benzene rings is 1. The van der Waals surface area contributed by atoms with E-state index in [1.807, 2.05) is 13.0 Å². The molecule has 0 bridgehead atoms. The minimum Gasteiger partial charge on any atom is -0.753 e. The molecule has 1 aliphatic heterocycles. The van der Waals surface area contributed by atoms with Crippen LogP contribution in [0.15, 0.2) is 18.2 Å². The minimum atomic E-state index is -0.642. The number of aryl methyl sites for hydroxylation is 1. The molecule has 0 radical (unpaired) electrons. The first kappa shape index (κ1) is 8.19. The molecule has 1 atom stereocenters. The molecule has 0 fully saturated rings. The summed E-state index contributed by atoms with van der Waals surface area (Å²) in [7, 11) is 0. The normalized spacial score (nSPS) is 20.7. The van der Waals surface area contributed by atoms with Gasteiger partial charge in [0.15, 0.2) is 0 Å². The fourth-order valence-electron chi connectivity index (χ4n) is 1.49. The number of hydrogen-bond acceptors (Lipinski definition) is 3. The smallest absolute Gasteiger partial charge is 0.281 e. The van der Waals surface area contributed by atoms with Crippen LogP contribution in [0.1, 0.15) is 12.5 Å². The van der Waals surface area contributed by atoms with Crippen molar-refractivity contribution in [2.24, 2.45) is 0 Å². The standard InChI is InChI=1S/C9H10N2O2/c1-6-3-4-8-9(5-6)11(13)7(2)10(8)12/h3-5,7H,1-2H3. The van der Waals surface area contributed by atoms with Crippen molar-refractivity contribution < 1.29 is 4.76 Å². The lowest BCUT2D eigenvalue weighted by Crippen LogP contribution is -2.27. The van der Waals surface area contributed by atoms with Crippen molar-refractivity contribution in [3.8, 4) is 0 Å². The topological polar surface area (TPSA) is 46.4 Å². The molecule has 13 heavy (non-hydrogen) atoms. The van der Waals surface area contributed by atoms with Gasteiger partial charge in [0.1, 0.15) is 5.69 Å². The lowest BCUT2D eigenvalue weighted by atomic mass is 10.2. The maximum atomic E-state index is 11.4. The number of nitrogens with zero attached hydrogens (tertiary/aromatic N) is 2. The van der Waals surface area contributed by atoms with Crippen molar-refractivity contribution in [3.63, 3.8) is 0 Å². The summed E-state index contributed by atoms with van der Waals surface area (Å²) in [4.78, 5) is 11.4. The minimum absolute atomic E-state index is 0.466. The fraction of sp³-hybridized carbons (Fsp3) is 0.333. The Morgan fingerprint density at radius 2 is 2.23 bits per heavy atom. The molecule has 68 valence electrons. The second-order valence-corrected chi connectivity index (χ2v) is 3.28. The highest BCUT2D eigenvalue weighted by atomic mass is 16.5. The zero-order valence-corrected chi connectivity index (χ0v) is 7.52. The summed E-state index contributed by atoms with van der Waals surface area (Å²) >= 11 is 0. The SMILES string of the molecule is Cc1ccc2c(c1)N([O-])C(C)[N+]2=O. The molecule has 0 spiro atoms. The Bertz CT molecular complexity index is 376. The van der Waals surface area contributed by atoms with Crippen LogP contribution in [0.4, 0.5) is 11.4 Å². The Morgan fingerprint density at radius 3 is 2.92 bits per heavy atom. The third-order valence-electron chi connectivity index (χ3n) is 2.28. The van der Waals surface area contributed by atoms with Crippen LogP contribution in [0.5, 0.6) is 0 Å². The van der Waals surface area contributed by atoms with Gasteiger partial charge in [-0.2, -0.15) is 0 Å². The van der Waals surface area contributed by atoms with Crippen molar-refractivity contribution in [3.05, 3.63) is 33.9 Å². The zero-order valence-electron chi connectivity index (χ0n) is 7.52. The predicted molar refractivity (Wildman–Crippen MR) is 49.8 cm³/mol. The lowest BCUT2D eigenvalue weighted by molar-refractivity contribution is -0.489. The Hall–Kier alpha value is -1.42.